The molecule has 0 fully saturated rings. The lowest BCUT2D eigenvalue weighted by molar-refractivity contribution is -0.116. The summed E-state index contributed by atoms with van der Waals surface area (Å²) in [5.74, 6) is 0.124. The average Bonchev–Trinajstić information content (AvgIpc) is 2.29. The zero-order valence-corrected chi connectivity index (χ0v) is 8.87. The van der Waals surface area contributed by atoms with Crippen LogP contribution in [0.1, 0.15) is 5.56 Å². The average molecular weight is 220 g/mol. The molecule has 0 amide bonds. The smallest absolute Gasteiger partial charge is 0.151 e. The van der Waals surface area contributed by atoms with E-state index in [1.54, 1.807) is 6.20 Å². The number of fused-ring (bicyclic) bond motifs is 1. The molecule has 1 aromatic heterocycles. The molecule has 0 atom stereocenters. The lowest BCUT2D eigenvalue weighted by Gasteiger charge is -2.01. The minimum absolute atomic E-state index is 0.0464. The van der Waals surface area contributed by atoms with E-state index in [2.05, 4.69) is 4.98 Å². The summed E-state index contributed by atoms with van der Waals surface area (Å²) in [4.78, 5) is 15.2. The molecule has 0 aliphatic rings. The lowest BCUT2D eigenvalue weighted by Crippen LogP contribution is -2.03. The minimum Gasteiger partial charge on any atom is -0.298 e. The quantitative estimate of drug-likeness (QED) is 0.743. The summed E-state index contributed by atoms with van der Waals surface area (Å²) < 4.78 is 0. The number of hydrogen-bond donors (Lipinski definition) is 0. The van der Waals surface area contributed by atoms with Gasteiger partial charge in [-0.3, -0.25) is 9.78 Å². The number of pyridine rings is 1. The Morgan fingerprint density at radius 3 is 2.93 bits per heavy atom. The van der Waals surface area contributed by atoms with Crippen molar-refractivity contribution in [2.45, 2.75) is 6.42 Å². The SMILES string of the molecule is O=C(CCl)Cc1ccc2cnccc2c1. The second-order valence-corrected chi connectivity index (χ2v) is 3.67. The third-order valence-electron chi connectivity index (χ3n) is 2.26. The van der Waals surface area contributed by atoms with E-state index in [-0.39, 0.29) is 11.7 Å². The number of rotatable bonds is 3. The van der Waals surface area contributed by atoms with Gasteiger partial charge >= 0.3 is 0 Å². The minimum atomic E-state index is 0.0464. The van der Waals surface area contributed by atoms with E-state index < -0.39 is 0 Å². The van der Waals surface area contributed by atoms with Crippen molar-refractivity contribution in [3.8, 4) is 0 Å². The highest BCUT2D eigenvalue weighted by atomic mass is 35.5. The molecular formula is C12H10ClNO. The van der Waals surface area contributed by atoms with Gasteiger partial charge < -0.3 is 0 Å². The van der Waals surface area contributed by atoms with Crippen LogP contribution in [-0.4, -0.2) is 16.6 Å². The third-order valence-corrected chi connectivity index (χ3v) is 2.55. The van der Waals surface area contributed by atoms with E-state index in [4.69, 9.17) is 11.6 Å². The molecular weight excluding hydrogens is 210 g/mol. The highest BCUT2D eigenvalue weighted by Crippen LogP contribution is 2.15. The molecule has 0 aliphatic heterocycles. The van der Waals surface area contributed by atoms with Crippen LogP contribution in [0.4, 0.5) is 0 Å². The molecule has 2 nitrogen and oxygen atoms in total. The van der Waals surface area contributed by atoms with E-state index >= 15 is 0 Å². The van der Waals surface area contributed by atoms with Gasteiger partial charge in [0.2, 0.25) is 0 Å². The Kier molecular flexibility index (Phi) is 2.97. The van der Waals surface area contributed by atoms with Crippen molar-refractivity contribution in [2.24, 2.45) is 0 Å². The third kappa shape index (κ3) is 2.34. The molecule has 1 heterocycles. The van der Waals surface area contributed by atoms with Crippen molar-refractivity contribution in [1.82, 2.24) is 4.98 Å². The Morgan fingerprint density at radius 1 is 1.27 bits per heavy atom. The summed E-state index contributed by atoms with van der Waals surface area (Å²) in [5.41, 5.74) is 0.999. The fourth-order valence-corrected chi connectivity index (χ4v) is 1.61. The Balaban J connectivity index is 2.34. The van der Waals surface area contributed by atoms with Crippen LogP contribution in [0.5, 0.6) is 0 Å². The van der Waals surface area contributed by atoms with E-state index in [1.165, 1.54) is 0 Å². The van der Waals surface area contributed by atoms with Crippen molar-refractivity contribution in [1.29, 1.82) is 0 Å². The van der Waals surface area contributed by atoms with Gasteiger partial charge in [0.15, 0.2) is 5.78 Å². The molecule has 76 valence electrons. The summed E-state index contributed by atoms with van der Waals surface area (Å²) in [5, 5.41) is 2.18. The number of benzene rings is 1. The maximum Gasteiger partial charge on any atom is 0.151 e. The fraction of sp³-hybridized carbons (Fsp3) is 0.167. The van der Waals surface area contributed by atoms with Crippen LogP contribution in [-0.2, 0) is 11.2 Å². The standard InChI is InChI=1S/C12H10ClNO/c13-7-12(15)6-9-1-2-11-8-14-4-3-10(11)5-9/h1-5,8H,6-7H2. The molecule has 15 heavy (non-hydrogen) atoms. The molecule has 1 aromatic carbocycles. The zero-order valence-electron chi connectivity index (χ0n) is 8.11. The van der Waals surface area contributed by atoms with Crippen LogP contribution in [0.15, 0.2) is 36.7 Å². The number of alkyl halides is 1. The van der Waals surface area contributed by atoms with Crippen molar-refractivity contribution < 1.29 is 4.79 Å². The normalized spacial score (nSPS) is 10.5. The number of aromatic nitrogens is 1. The summed E-state index contributed by atoms with van der Waals surface area (Å²) in [6.45, 7) is 0. The van der Waals surface area contributed by atoms with Gasteiger partial charge in [0, 0.05) is 24.2 Å². The first-order valence-corrected chi connectivity index (χ1v) is 5.23. The number of Topliss-reactive ketones (excluding diaryl/α,β-unsaturated/α-hetero) is 1. The lowest BCUT2D eigenvalue weighted by atomic mass is 10.1. The maximum absolute atomic E-state index is 11.2. The second kappa shape index (κ2) is 4.41. The summed E-state index contributed by atoms with van der Waals surface area (Å²) in [6, 6.07) is 7.85. The number of hydrogen-bond acceptors (Lipinski definition) is 2. The molecule has 2 aromatic rings. The van der Waals surface area contributed by atoms with E-state index in [0.29, 0.717) is 6.42 Å². The predicted molar refractivity (Wildman–Crippen MR) is 61.2 cm³/mol. The van der Waals surface area contributed by atoms with Crippen molar-refractivity contribution >= 4 is 28.2 Å². The number of halogens is 1. The maximum atomic E-state index is 11.2. The molecule has 0 radical (unpaired) electrons. The monoisotopic (exact) mass is 219 g/mol. The van der Waals surface area contributed by atoms with Crippen LogP contribution >= 0.6 is 11.6 Å². The first-order valence-electron chi connectivity index (χ1n) is 4.70. The van der Waals surface area contributed by atoms with Crippen LogP contribution in [0.2, 0.25) is 0 Å². The highest BCUT2D eigenvalue weighted by molar-refractivity contribution is 6.27. The van der Waals surface area contributed by atoms with Crippen LogP contribution in [0.3, 0.4) is 0 Å². The van der Waals surface area contributed by atoms with E-state index in [9.17, 15) is 4.79 Å². The van der Waals surface area contributed by atoms with Gasteiger partial charge in [0.25, 0.3) is 0 Å². The van der Waals surface area contributed by atoms with Gasteiger partial charge in [-0.15, -0.1) is 11.6 Å². The second-order valence-electron chi connectivity index (χ2n) is 3.41. The number of carbonyl (C=O) groups is 1. The Bertz CT molecular complexity index is 496. The molecule has 0 saturated heterocycles. The van der Waals surface area contributed by atoms with Crippen LogP contribution < -0.4 is 0 Å². The molecule has 0 spiro atoms. The van der Waals surface area contributed by atoms with Gasteiger partial charge in [-0.1, -0.05) is 18.2 Å². The summed E-state index contributed by atoms with van der Waals surface area (Å²) in [7, 11) is 0. The highest BCUT2D eigenvalue weighted by Gasteiger charge is 2.02. The topological polar surface area (TPSA) is 30.0 Å². The Hall–Kier alpha value is -1.41. The predicted octanol–water partition coefficient (Wildman–Crippen LogP) is 2.59. The summed E-state index contributed by atoms with van der Waals surface area (Å²) in [6.07, 6.45) is 3.96. The van der Waals surface area contributed by atoms with Gasteiger partial charge in [0.1, 0.15) is 0 Å². The van der Waals surface area contributed by atoms with Gasteiger partial charge in [-0.2, -0.15) is 0 Å². The molecule has 0 unspecified atom stereocenters. The van der Waals surface area contributed by atoms with Crippen LogP contribution in [0.25, 0.3) is 10.8 Å². The van der Waals surface area contributed by atoms with Gasteiger partial charge in [-0.05, 0) is 17.0 Å². The molecule has 0 bridgehead atoms. The molecule has 0 N–H and O–H groups in total. The summed E-state index contributed by atoms with van der Waals surface area (Å²) >= 11 is 5.46. The Labute approximate surface area is 92.9 Å². The van der Waals surface area contributed by atoms with Crippen molar-refractivity contribution in [2.75, 3.05) is 5.88 Å². The van der Waals surface area contributed by atoms with Gasteiger partial charge in [0.05, 0.1) is 5.88 Å². The molecule has 3 heteroatoms. The number of ketones is 1. The molecule has 0 saturated carbocycles. The van der Waals surface area contributed by atoms with Gasteiger partial charge in [-0.25, -0.2) is 0 Å². The molecule has 0 aliphatic carbocycles. The van der Waals surface area contributed by atoms with Crippen molar-refractivity contribution in [3.63, 3.8) is 0 Å². The first-order chi connectivity index (χ1) is 7.29. The van der Waals surface area contributed by atoms with E-state index in [0.717, 1.165) is 16.3 Å². The van der Waals surface area contributed by atoms with Crippen molar-refractivity contribution in [3.05, 3.63) is 42.2 Å². The zero-order chi connectivity index (χ0) is 10.7. The Morgan fingerprint density at radius 2 is 2.13 bits per heavy atom. The first kappa shape index (κ1) is 10.1. The fourth-order valence-electron chi connectivity index (χ4n) is 1.52. The van der Waals surface area contributed by atoms with E-state index in [1.807, 2.05) is 30.5 Å². The molecule has 2 rings (SSSR count). The number of carbonyl (C=O) groups excluding carboxylic acids is 1. The van der Waals surface area contributed by atoms with Crippen LogP contribution in [0, 0.1) is 0 Å². The largest absolute Gasteiger partial charge is 0.298 e. The number of nitrogens with zero attached hydrogens (tertiary/aromatic N) is 1.